The molecule has 2 unspecified atom stereocenters. The van der Waals surface area contributed by atoms with Gasteiger partial charge >= 0.3 is 0 Å². The van der Waals surface area contributed by atoms with Crippen molar-refractivity contribution < 1.29 is 4.79 Å². The molecule has 2 fully saturated rings. The van der Waals surface area contributed by atoms with Gasteiger partial charge in [-0.1, -0.05) is 0 Å². The van der Waals surface area contributed by atoms with Gasteiger partial charge in [0.2, 0.25) is 5.91 Å². The number of nitrogens with zero attached hydrogens (tertiary/aromatic N) is 2. The third-order valence-electron chi connectivity index (χ3n) is 3.46. The third kappa shape index (κ3) is 3.09. The molecule has 0 aromatic rings. The molecular formula is C11H22ClN3O. The van der Waals surface area contributed by atoms with Crippen molar-refractivity contribution in [2.75, 3.05) is 40.3 Å². The van der Waals surface area contributed by atoms with Gasteiger partial charge in [0.15, 0.2) is 0 Å². The minimum Gasteiger partial charge on any atom is -0.341 e. The maximum Gasteiger partial charge on any atom is 0.236 e. The van der Waals surface area contributed by atoms with Crippen LogP contribution in [0.25, 0.3) is 0 Å². The highest BCUT2D eigenvalue weighted by Crippen LogP contribution is 2.24. The lowest BCUT2D eigenvalue weighted by molar-refractivity contribution is -0.133. The predicted molar refractivity (Wildman–Crippen MR) is 66.9 cm³/mol. The van der Waals surface area contributed by atoms with Gasteiger partial charge in [0.05, 0.1) is 6.54 Å². The standard InChI is InChI=1S/C11H21N3O.ClH/c1-13(2)8-11(15)14-6-4-10-9(7-14)3-5-12-10;/h9-10,12H,3-8H2,1-2H3;1H. The molecule has 0 radical (unpaired) electrons. The zero-order chi connectivity index (χ0) is 10.8. The largest absolute Gasteiger partial charge is 0.341 e. The molecular weight excluding hydrogens is 226 g/mol. The molecule has 2 heterocycles. The van der Waals surface area contributed by atoms with E-state index in [9.17, 15) is 4.79 Å². The summed E-state index contributed by atoms with van der Waals surface area (Å²) >= 11 is 0. The third-order valence-corrected chi connectivity index (χ3v) is 3.46. The zero-order valence-electron chi connectivity index (χ0n) is 10.1. The molecule has 0 aromatic carbocycles. The van der Waals surface area contributed by atoms with Gasteiger partial charge < -0.3 is 15.1 Å². The zero-order valence-corrected chi connectivity index (χ0v) is 10.9. The summed E-state index contributed by atoms with van der Waals surface area (Å²) in [6.07, 6.45) is 2.36. The van der Waals surface area contributed by atoms with Crippen LogP contribution in [0.2, 0.25) is 0 Å². The SMILES string of the molecule is CN(C)CC(=O)N1CCC2NCCC2C1.Cl. The number of carbonyl (C=O) groups excluding carboxylic acids is 1. The summed E-state index contributed by atoms with van der Waals surface area (Å²) in [5.74, 6) is 0.982. The van der Waals surface area contributed by atoms with E-state index in [1.807, 2.05) is 23.9 Å². The van der Waals surface area contributed by atoms with Gasteiger partial charge in [-0.15, -0.1) is 12.4 Å². The molecule has 94 valence electrons. The Kier molecular flexibility index (Phi) is 5.02. The predicted octanol–water partition coefficient (Wildman–Crippen LogP) is 0.180. The molecule has 1 N–H and O–H groups in total. The smallest absolute Gasteiger partial charge is 0.236 e. The number of likely N-dealkylation sites (N-methyl/N-ethyl adjacent to an activating group) is 1. The van der Waals surface area contributed by atoms with Crippen LogP contribution < -0.4 is 5.32 Å². The van der Waals surface area contributed by atoms with Gasteiger partial charge in [-0.3, -0.25) is 4.79 Å². The van der Waals surface area contributed by atoms with Crippen LogP contribution >= 0.6 is 12.4 Å². The van der Waals surface area contributed by atoms with Gasteiger partial charge in [-0.25, -0.2) is 0 Å². The van der Waals surface area contributed by atoms with E-state index in [-0.39, 0.29) is 18.3 Å². The minimum absolute atomic E-state index is 0. The van der Waals surface area contributed by atoms with Crippen molar-refractivity contribution in [2.24, 2.45) is 5.92 Å². The molecule has 4 nitrogen and oxygen atoms in total. The molecule has 0 spiro atoms. The van der Waals surface area contributed by atoms with Crippen molar-refractivity contribution in [2.45, 2.75) is 18.9 Å². The molecule has 2 saturated heterocycles. The summed E-state index contributed by atoms with van der Waals surface area (Å²) in [5, 5.41) is 3.51. The topological polar surface area (TPSA) is 35.6 Å². The fourth-order valence-corrected chi connectivity index (χ4v) is 2.64. The summed E-state index contributed by atoms with van der Waals surface area (Å²) in [7, 11) is 3.89. The normalized spacial score (nSPS) is 28.8. The lowest BCUT2D eigenvalue weighted by Crippen LogP contribution is -2.49. The van der Waals surface area contributed by atoms with Crippen molar-refractivity contribution >= 4 is 18.3 Å². The van der Waals surface area contributed by atoms with Gasteiger partial charge in [0.1, 0.15) is 0 Å². The minimum atomic E-state index is 0. The van der Waals surface area contributed by atoms with Crippen LogP contribution in [-0.2, 0) is 4.79 Å². The number of amides is 1. The molecule has 0 aliphatic carbocycles. The van der Waals surface area contributed by atoms with Crippen molar-refractivity contribution in [1.29, 1.82) is 0 Å². The first-order valence-corrected chi connectivity index (χ1v) is 5.82. The Balaban J connectivity index is 0.00000128. The van der Waals surface area contributed by atoms with Gasteiger partial charge in [-0.05, 0) is 39.4 Å². The summed E-state index contributed by atoms with van der Waals surface area (Å²) < 4.78 is 0. The van der Waals surface area contributed by atoms with Crippen LogP contribution in [0.5, 0.6) is 0 Å². The number of halogens is 1. The van der Waals surface area contributed by atoms with Crippen molar-refractivity contribution in [3.05, 3.63) is 0 Å². The molecule has 2 aliphatic heterocycles. The van der Waals surface area contributed by atoms with E-state index < -0.39 is 0 Å². The number of hydrogen-bond acceptors (Lipinski definition) is 3. The molecule has 1 amide bonds. The summed E-state index contributed by atoms with van der Waals surface area (Å²) in [4.78, 5) is 15.8. The lowest BCUT2D eigenvalue weighted by atomic mass is 9.93. The van der Waals surface area contributed by atoms with Crippen molar-refractivity contribution in [3.8, 4) is 0 Å². The maximum atomic E-state index is 11.9. The Bertz CT molecular complexity index is 247. The number of hydrogen-bond donors (Lipinski definition) is 1. The van der Waals surface area contributed by atoms with Crippen LogP contribution in [0.15, 0.2) is 0 Å². The second kappa shape index (κ2) is 5.84. The van der Waals surface area contributed by atoms with E-state index in [0.717, 1.165) is 26.1 Å². The number of fused-ring (bicyclic) bond motifs is 1. The fraction of sp³-hybridized carbons (Fsp3) is 0.909. The molecule has 16 heavy (non-hydrogen) atoms. The quantitative estimate of drug-likeness (QED) is 0.756. The number of nitrogens with one attached hydrogen (secondary N) is 1. The maximum absolute atomic E-state index is 11.9. The lowest BCUT2D eigenvalue weighted by Gasteiger charge is -2.35. The average Bonchev–Trinajstić information content (AvgIpc) is 2.62. The number of likely N-dealkylation sites (tertiary alicyclic amines) is 1. The Hall–Kier alpha value is -0.320. The van der Waals surface area contributed by atoms with E-state index in [4.69, 9.17) is 0 Å². The van der Waals surface area contributed by atoms with Crippen molar-refractivity contribution in [3.63, 3.8) is 0 Å². The fourth-order valence-electron chi connectivity index (χ4n) is 2.64. The second-order valence-corrected chi connectivity index (χ2v) is 4.98. The van der Waals surface area contributed by atoms with Gasteiger partial charge in [-0.2, -0.15) is 0 Å². The van der Waals surface area contributed by atoms with Crippen LogP contribution in [0.1, 0.15) is 12.8 Å². The van der Waals surface area contributed by atoms with Gasteiger partial charge in [0, 0.05) is 19.1 Å². The summed E-state index contributed by atoms with van der Waals surface area (Å²) in [5.41, 5.74) is 0. The van der Waals surface area contributed by atoms with Crippen LogP contribution in [0.4, 0.5) is 0 Å². The number of carbonyl (C=O) groups is 1. The molecule has 2 aliphatic rings. The second-order valence-electron chi connectivity index (χ2n) is 4.98. The molecule has 0 aromatic heterocycles. The van der Waals surface area contributed by atoms with E-state index in [1.165, 1.54) is 6.42 Å². The Morgan fingerprint density at radius 2 is 2.19 bits per heavy atom. The highest BCUT2D eigenvalue weighted by Gasteiger charge is 2.34. The van der Waals surface area contributed by atoms with E-state index in [1.54, 1.807) is 0 Å². The Labute approximate surface area is 104 Å². The molecule has 2 rings (SSSR count). The van der Waals surface area contributed by atoms with Crippen LogP contribution in [-0.4, -0.2) is 62.0 Å². The first kappa shape index (κ1) is 13.7. The first-order valence-electron chi connectivity index (χ1n) is 5.82. The average molecular weight is 248 g/mol. The Morgan fingerprint density at radius 1 is 1.44 bits per heavy atom. The molecule has 0 saturated carbocycles. The van der Waals surface area contributed by atoms with Gasteiger partial charge in [0.25, 0.3) is 0 Å². The molecule has 5 heteroatoms. The van der Waals surface area contributed by atoms with E-state index in [2.05, 4.69) is 5.32 Å². The summed E-state index contributed by atoms with van der Waals surface area (Å²) in [6, 6.07) is 0.674. The first-order chi connectivity index (χ1) is 7.16. The summed E-state index contributed by atoms with van der Waals surface area (Å²) in [6.45, 7) is 3.57. The van der Waals surface area contributed by atoms with Crippen LogP contribution in [0.3, 0.4) is 0 Å². The molecule has 2 atom stereocenters. The highest BCUT2D eigenvalue weighted by molar-refractivity contribution is 5.85. The monoisotopic (exact) mass is 247 g/mol. The van der Waals surface area contributed by atoms with E-state index >= 15 is 0 Å². The number of rotatable bonds is 2. The highest BCUT2D eigenvalue weighted by atomic mass is 35.5. The van der Waals surface area contributed by atoms with E-state index in [0.29, 0.717) is 18.5 Å². The van der Waals surface area contributed by atoms with Crippen molar-refractivity contribution in [1.82, 2.24) is 15.1 Å². The molecule has 0 bridgehead atoms. The van der Waals surface area contributed by atoms with Crippen LogP contribution in [0, 0.1) is 5.92 Å². The number of piperidine rings is 1. The Morgan fingerprint density at radius 3 is 2.88 bits per heavy atom.